The van der Waals surface area contributed by atoms with Gasteiger partial charge in [0.05, 0.1) is 18.0 Å². The van der Waals surface area contributed by atoms with Gasteiger partial charge < -0.3 is 15.5 Å². The van der Waals surface area contributed by atoms with Gasteiger partial charge in [0.1, 0.15) is 17.1 Å². The molecule has 1 saturated heterocycles. The maximum Gasteiger partial charge on any atom is 0.353 e. The zero-order valence-corrected chi connectivity index (χ0v) is 23.4. The topological polar surface area (TPSA) is 97.9 Å². The summed E-state index contributed by atoms with van der Waals surface area (Å²) in [6.07, 6.45) is 7.35. The molecule has 1 fully saturated rings. The first kappa shape index (κ1) is 30.7. The van der Waals surface area contributed by atoms with Crippen LogP contribution in [-0.4, -0.2) is 38.2 Å². The number of phenolic OH excluding ortho intramolecular Hbond substituents is 2. The predicted molar refractivity (Wildman–Crippen MR) is 153 cm³/mol. The number of hydrogen-bond donors (Lipinski definition) is 4. The molecule has 4 N–H and O–H groups in total. The van der Waals surface area contributed by atoms with E-state index in [1.165, 1.54) is 25.0 Å². The first-order chi connectivity index (χ1) is 16.8. The van der Waals surface area contributed by atoms with Crippen LogP contribution in [0.1, 0.15) is 80.7 Å². The molecule has 1 aliphatic rings. The molecule has 2 heterocycles. The highest BCUT2D eigenvalue weighted by atomic mass is 16.3. The van der Waals surface area contributed by atoms with E-state index in [1.807, 2.05) is 27.7 Å². The average Bonchev–Trinajstić information content (AvgIpc) is 3.30. The molecule has 0 amide bonds. The highest BCUT2D eigenvalue weighted by molar-refractivity contribution is 5.82. The molecule has 0 saturated carbocycles. The molecule has 3 rings (SSSR count). The molecule has 1 aromatic heterocycles. The monoisotopic (exact) mass is 494 g/mol. The van der Waals surface area contributed by atoms with Crippen molar-refractivity contribution in [3.05, 3.63) is 52.3 Å². The Hall–Kier alpha value is -3.37. The number of nitrogens with one attached hydrogen (secondary N) is 2. The Kier molecular flexibility index (Phi) is 11.1. The lowest BCUT2D eigenvalue weighted by atomic mass is 9.77. The van der Waals surface area contributed by atoms with Gasteiger partial charge in [0, 0.05) is 28.4 Å². The maximum absolute atomic E-state index is 10.3. The molecule has 0 aliphatic carbocycles. The van der Waals surface area contributed by atoms with Gasteiger partial charge in [-0.15, -0.1) is 0 Å². The van der Waals surface area contributed by atoms with Crippen LogP contribution < -0.4 is 5.32 Å². The highest BCUT2D eigenvalue weighted by Crippen LogP contribution is 2.38. The van der Waals surface area contributed by atoms with E-state index in [0.29, 0.717) is 33.5 Å². The summed E-state index contributed by atoms with van der Waals surface area (Å²) in [6.45, 7) is 28.2. The molecule has 0 atom stereocenters. The molecule has 0 radical (unpaired) electrons. The number of phenols is 2. The Morgan fingerprint density at radius 2 is 1.72 bits per heavy atom. The van der Waals surface area contributed by atoms with Gasteiger partial charge >= 0.3 is 5.70 Å². The van der Waals surface area contributed by atoms with Crippen LogP contribution in [0, 0.1) is 12.5 Å². The van der Waals surface area contributed by atoms with Gasteiger partial charge in [0.2, 0.25) is 0 Å². The largest absolute Gasteiger partial charge is 0.507 e. The van der Waals surface area contributed by atoms with Crippen LogP contribution in [0.3, 0.4) is 0 Å². The quantitative estimate of drug-likeness (QED) is 0.202. The zero-order valence-electron chi connectivity index (χ0n) is 23.4. The third-order valence-electron chi connectivity index (χ3n) is 5.69. The van der Waals surface area contributed by atoms with E-state index >= 15 is 0 Å². The number of aromatic hydroxyl groups is 2. The number of hydrogen-bond acceptors (Lipinski definition) is 5. The predicted octanol–water partition coefficient (Wildman–Crippen LogP) is 7.38. The van der Waals surface area contributed by atoms with Crippen LogP contribution in [0.25, 0.3) is 21.7 Å². The summed E-state index contributed by atoms with van der Waals surface area (Å²) in [6, 6.07) is 2.82. The van der Waals surface area contributed by atoms with Gasteiger partial charge in [0.25, 0.3) is 6.57 Å². The third kappa shape index (κ3) is 8.69. The number of allylic oxidation sites excluding steroid dienone is 2. The first-order valence-corrected chi connectivity index (χ1v) is 12.4. The van der Waals surface area contributed by atoms with E-state index in [4.69, 9.17) is 6.57 Å². The molecule has 1 aromatic carbocycles. The molecule has 0 spiro atoms. The van der Waals surface area contributed by atoms with Crippen molar-refractivity contribution in [3.63, 3.8) is 0 Å². The smallest absolute Gasteiger partial charge is 0.353 e. The van der Waals surface area contributed by atoms with E-state index in [-0.39, 0.29) is 17.2 Å². The van der Waals surface area contributed by atoms with Gasteiger partial charge in [0.15, 0.2) is 0 Å². The molecule has 0 bridgehead atoms. The van der Waals surface area contributed by atoms with Crippen molar-refractivity contribution < 1.29 is 10.2 Å². The summed E-state index contributed by atoms with van der Waals surface area (Å²) in [4.78, 5) is 7.56. The Labute approximate surface area is 216 Å². The lowest BCUT2D eigenvalue weighted by Gasteiger charge is -2.45. The zero-order chi connectivity index (χ0) is 27.7. The molecule has 7 heteroatoms. The molecular formula is C29H44N5O2+. The summed E-state index contributed by atoms with van der Waals surface area (Å²) >= 11 is 0. The van der Waals surface area contributed by atoms with Crippen LogP contribution in [0.4, 0.5) is 0 Å². The number of aromatic amines is 1. The van der Waals surface area contributed by atoms with Crippen molar-refractivity contribution in [2.45, 2.75) is 86.2 Å². The second-order valence-corrected chi connectivity index (χ2v) is 10.5. The van der Waals surface area contributed by atoms with E-state index < -0.39 is 0 Å². The highest BCUT2D eigenvalue weighted by Gasteiger charge is 2.35. The lowest BCUT2D eigenvalue weighted by molar-refractivity contribution is 0.138. The van der Waals surface area contributed by atoms with E-state index in [9.17, 15) is 10.2 Å². The van der Waals surface area contributed by atoms with Crippen molar-refractivity contribution >= 4 is 12.4 Å². The fraction of sp³-hybridized carbons (Fsp3) is 0.483. The molecule has 2 aromatic rings. The second-order valence-electron chi connectivity index (χ2n) is 10.5. The molecule has 0 unspecified atom stereocenters. The minimum Gasteiger partial charge on any atom is -0.507 e. The summed E-state index contributed by atoms with van der Waals surface area (Å²) in [5, 5.41) is 30.6. The van der Waals surface area contributed by atoms with Gasteiger partial charge in [-0.05, 0) is 84.0 Å². The van der Waals surface area contributed by atoms with Crippen molar-refractivity contribution in [1.82, 2.24) is 15.5 Å². The Morgan fingerprint density at radius 1 is 1.14 bits per heavy atom. The van der Waals surface area contributed by atoms with Crippen LogP contribution in [-0.2, 0) is 0 Å². The van der Waals surface area contributed by atoms with Gasteiger partial charge in [-0.1, -0.05) is 26.3 Å². The van der Waals surface area contributed by atoms with Crippen molar-refractivity contribution in [2.24, 2.45) is 10.9 Å². The van der Waals surface area contributed by atoms with Crippen LogP contribution >= 0.6 is 0 Å². The van der Waals surface area contributed by atoms with Crippen molar-refractivity contribution in [3.8, 4) is 29.2 Å². The number of aromatic nitrogens is 2. The van der Waals surface area contributed by atoms with Crippen LogP contribution in [0.5, 0.6) is 11.5 Å². The van der Waals surface area contributed by atoms with Crippen molar-refractivity contribution in [1.29, 1.82) is 0 Å². The maximum atomic E-state index is 10.3. The number of rotatable bonds is 4. The SMILES string of the molecule is C#[N+]/C(=C\C(N=C)=C(C)C)c1cc(O)c(-c2cn[nH]c2)cc1O.CC.CC1CC(C)(C)NC(C)(C)C1. The van der Waals surface area contributed by atoms with Gasteiger partial charge in [-0.25, -0.2) is 0 Å². The average molecular weight is 495 g/mol. The molecule has 196 valence electrons. The third-order valence-corrected chi connectivity index (χ3v) is 5.69. The standard InChI is InChI=1S/C17H16N4O2.C10H21N.C2H6/c1-10(2)14(18-3)7-15(19-4)13-6-16(22)12(5-17(13)23)11-8-20-21-9-11;1-8-6-9(2,3)11-10(4,5)7-8;1-2/h4-9H,3H2,1-2H3,(H2-,20,21,22,23);8,11H,6-7H2,1-5H3;1-2H3/p+1/b15-7-;;. The lowest BCUT2D eigenvalue weighted by Crippen LogP contribution is -2.57. The minimum absolute atomic E-state index is 0.0286. The molecular weight excluding hydrogens is 450 g/mol. The normalized spacial score (nSPS) is 16.4. The van der Waals surface area contributed by atoms with Gasteiger partial charge in [-0.2, -0.15) is 5.10 Å². The van der Waals surface area contributed by atoms with E-state index in [1.54, 1.807) is 18.5 Å². The van der Waals surface area contributed by atoms with E-state index in [2.05, 4.69) is 66.7 Å². The van der Waals surface area contributed by atoms with Crippen LogP contribution in [0.2, 0.25) is 0 Å². The Bertz CT molecular complexity index is 1100. The second kappa shape index (κ2) is 13.1. The Balaban J connectivity index is 0.000000417. The molecule has 7 nitrogen and oxygen atoms in total. The summed E-state index contributed by atoms with van der Waals surface area (Å²) in [5.74, 6) is 0.761. The Morgan fingerprint density at radius 3 is 2.14 bits per heavy atom. The first-order valence-electron chi connectivity index (χ1n) is 12.4. The fourth-order valence-corrected chi connectivity index (χ4v) is 4.91. The minimum atomic E-state index is -0.0726. The summed E-state index contributed by atoms with van der Waals surface area (Å²) in [7, 11) is 0. The molecule has 36 heavy (non-hydrogen) atoms. The van der Waals surface area contributed by atoms with E-state index in [0.717, 1.165) is 11.5 Å². The number of nitrogens with zero attached hydrogens (tertiary/aromatic N) is 3. The fourth-order valence-electron chi connectivity index (χ4n) is 4.91. The van der Waals surface area contributed by atoms with Crippen LogP contribution in [0.15, 0.2) is 46.9 Å². The summed E-state index contributed by atoms with van der Waals surface area (Å²) < 4.78 is 0. The number of aliphatic imine (C=N–C) groups is 1. The van der Waals surface area contributed by atoms with Gasteiger partial charge in [-0.3, -0.25) is 10.1 Å². The number of H-pyrrole nitrogens is 1. The molecule has 1 aliphatic heterocycles. The number of benzene rings is 1. The number of piperidine rings is 1. The summed E-state index contributed by atoms with van der Waals surface area (Å²) in [5.41, 5.74) is 3.84. The van der Waals surface area contributed by atoms with Crippen molar-refractivity contribution in [2.75, 3.05) is 0 Å².